The lowest BCUT2D eigenvalue weighted by Crippen LogP contribution is -2.50. The summed E-state index contributed by atoms with van der Waals surface area (Å²) >= 11 is 0. The largest absolute Gasteiger partial charge is 0.375 e. The number of rotatable bonds is 4. The Balaban J connectivity index is 1.72. The van der Waals surface area contributed by atoms with Crippen LogP contribution in [0.4, 0.5) is 0 Å². The van der Waals surface area contributed by atoms with E-state index >= 15 is 0 Å². The Hall–Kier alpha value is -1.63. The van der Waals surface area contributed by atoms with E-state index in [1.807, 2.05) is 0 Å². The van der Waals surface area contributed by atoms with Crippen molar-refractivity contribution >= 4 is 17.7 Å². The van der Waals surface area contributed by atoms with Crippen molar-refractivity contribution in [1.29, 1.82) is 0 Å². The Kier molecular flexibility index (Phi) is 5.55. The van der Waals surface area contributed by atoms with Gasteiger partial charge >= 0.3 is 0 Å². The monoisotopic (exact) mass is 297 g/mol. The van der Waals surface area contributed by atoms with Gasteiger partial charge in [-0.1, -0.05) is 0 Å². The van der Waals surface area contributed by atoms with Crippen molar-refractivity contribution in [3.05, 3.63) is 0 Å². The fraction of sp³-hybridized carbons (Fsp3) is 0.786. The van der Waals surface area contributed by atoms with E-state index < -0.39 is 0 Å². The molecule has 7 heteroatoms. The Labute approximate surface area is 124 Å². The average Bonchev–Trinajstić information content (AvgIpc) is 2.49. The molecule has 2 aliphatic heterocycles. The van der Waals surface area contributed by atoms with Crippen molar-refractivity contribution in [2.24, 2.45) is 5.92 Å². The summed E-state index contributed by atoms with van der Waals surface area (Å²) in [5.41, 5.74) is 0. The molecular weight excluding hydrogens is 274 g/mol. The van der Waals surface area contributed by atoms with Gasteiger partial charge in [0.15, 0.2) is 0 Å². The maximum Gasteiger partial charge on any atom is 0.248 e. The van der Waals surface area contributed by atoms with Gasteiger partial charge in [-0.2, -0.15) is 0 Å². The first-order chi connectivity index (χ1) is 10.1. The lowest BCUT2D eigenvalue weighted by atomic mass is 9.97. The minimum Gasteiger partial charge on any atom is -0.375 e. The zero-order valence-corrected chi connectivity index (χ0v) is 12.4. The van der Waals surface area contributed by atoms with Crippen LogP contribution in [0.15, 0.2) is 0 Å². The lowest BCUT2D eigenvalue weighted by Gasteiger charge is -2.33. The predicted molar refractivity (Wildman–Crippen MR) is 75.4 cm³/mol. The van der Waals surface area contributed by atoms with Crippen LogP contribution >= 0.6 is 0 Å². The third-order valence-electron chi connectivity index (χ3n) is 4.10. The summed E-state index contributed by atoms with van der Waals surface area (Å²) in [4.78, 5) is 36.7. The van der Waals surface area contributed by atoms with Crippen molar-refractivity contribution in [1.82, 2.24) is 15.5 Å². The number of hydrogen-bond acceptors (Lipinski definition) is 4. The minimum atomic E-state index is -0.129. The molecule has 0 radical (unpaired) electrons. The zero-order valence-electron chi connectivity index (χ0n) is 12.4. The van der Waals surface area contributed by atoms with Crippen molar-refractivity contribution in [3.63, 3.8) is 0 Å². The number of ether oxygens (including phenoxy) is 1. The maximum atomic E-state index is 12.1. The first-order valence-electron chi connectivity index (χ1n) is 7.44. The Morgan fingerprint density at radius 3 is 2.62 bits per heavy atom. The molecule has 118 valence electrons. The SMILES string of the molecule is COCC(=O)N1CCC(NC(=O)C2CCC(=O)NC2)CC1. The first kappa shape index (κ1) is 15.8. The molecule has 2 saturated heterocycles. The number of piperidine rings is 2. The Morgan fingerprint density at radius 1 is 1.33 bits per heavy atom. The highest BCUT2D eigenvalue weighted by Gasteiger charge is 2.28. The summed E-state index contributed by atoms with van der Waals surface area (Å²) in [7, 11) is 1.51. The molecule has 3 amide bonds. The van der Waals surface area contributed by atoms with Crippen molar-refractivity contribution < 1.29 is 19.1 Å². The lowest BCUT2D eigenvalue weighted by molar-refractivity contribution is -0.136. The van der Waals surface area contributed by atoms with Crippen LogP contribution in [0.25, 0.3) is 0 Å². The Morgan fingerprint density at radius 2 is 2.05 bits per heavy atom. The van der Waals surface area contributed by atoms with Gasteiger partial charge < -0.3 is 20.3 Å². The topological polar surface area (TPSA) is 87.7 Å². The number of hydrogen-bond donors (Lipinski definition) is 2. The van der Waals surface area contributed by atoms with Gasteiger partial charge in [0.1, 0.15) is 6.61 Å². The van der Waals surface area contributed by atoms with E-state index in [4.69, 9.17) is 4.74 Å². The number of nitrogens with zero attached hydrogens (tertiary/aromatic N) is 1. The van der Waals surface area contributed by atoms with Crippen molar-refractivity contribution in [2.45, 2.75) is 31.7 Å². The number of likely N-dealkylation sites (tertiary alicyclic amines) is 1. The highest BCUT2D eigenvalue weighted by molar-refractivity contribution is 5.84. The Bertz CT molecular complexity index is 395. The van der Waals surface area contributed by atoms with Gasteiger partial charge in [-0.05, 0) is 19.3 Å². The summed E-state index contributed by atoms with van der Waals surface area (Å²) in [6.45, 7) is 1.83. The van der Waals surface area contributed by atoms with E-state index in [1.165, 1.54) is 7.11 Å². The minimum absolute atomic E-state index is 0.00253. The second kappa shape index (κ2) is 7.40. The second-order valence-corrected chi connectivity index (χ2v) is 5.64. The fourth-order valence-electron chi connectivity index (χ4n) is 2.76. The van der Waals surface area contributed by atoms with Crippen LogP contribution in [-0.4, -0.2) is 62.0 Å². The third-order valence-corrected chi connectivity index (χ3v) is 4.10. The summed E-state index contributed by atoms with van der Waals surface area (Å²) in [5, 5.41) is 5.76. The van der Waals surface area contributed by atoms with Gasteiger partial charge in [-0.3, -0.25) is 14.4 Å². The molecule has 1 atom stereocenters. The molecule has 0 aromatic rings. The van der Waals surface area contributed by atoms with Gasteiger partial charge in [0, 0.05) is 39.2 Å². The van der Waals surface area contributed by atoms with Crippen LogP contribution in [0.5, 0.6) is 0 Å². The zero-order chi connectivity index (χ0) is 15.2. The van der Waals surface area contributed by atoms with Gasteiger partial charge in [-0.15, -0.1) is 0 Å². The third kappa shape index (κ3) is 4.42. The summed E-state index contributed by atoms with van der Waals surface area (Å²) < 4.78 is 4.84. The highest BCUT2D eigenvalue weighted by atomic mass is 16.5. The molecule has 0 aromatic carbocycles. The second-order valence-electron chi connectivity index (χ2n) is 5.64. The van der Waals surface area contributed by atoms with E-state index in [9.17, 15) is 14.4 Å². The molecular formula is C14H23N3O4. The normalized spacial score (nSPS) is 23.6. The van der Waals surface area contributed by atoms with E-state index in [1.54, 1.807) is 4.90 Å². The molecule has 1 unspecified atom stereocenters. The molecule has 0 aromatic heterocycles. The number of nitrogens with one attached hydrogen (secondary N) is 2. The van der Waals surface area contributed by atoms with Crippen LogP contribution < -0.4 is 10.6 Å². The van der Waals surface area contributed by atoms with E-state index in [2.05, 4.69) is 10.6 Å². The molecule has 2 fully saturated rings. The van der Waals surface area contributed by atoms with Gasteiger partial charge in [0.25, 0.3) is 0 Å². The standard InChI is InChI=1S/C14H23N3O4/c1-21-9-13(19)17-6-4-11(5-7-17)16-14(20)10-2-3-12(18)15-8-10/h10-11H,2-9H2,1H3,(H,15,18)(H,16,20). The molecule has 2 N–H and O–H groups in total. The maximum absolute atomic E-state index is 12.1. The molecule has 0 bridgehead atoms. The van der Waals surface area contributed by atoms with Gasteiger partial charge in [-0.25, -0.2) is 0 Å². The fourth-order valence-corrected chi connectivity index (χ4v) is 2.76. The number of methoxy groups -OCH3 is 1. The van der Waals surface area contributed by atoms with Crippen molar-refractivity contribution in [2.75, 3.05) is 33.4 Å². The molecule has 2 aliphatic rings. The highest BCUT2D eigenvalue weighted by Crippen LogP contribution is 2.14. The van der Waals surface area contributed by atoms with Crippen LogP contribution in [0.3, 0.4) is 0 Å². The molecule has 7 nitrogen and oxygen atoms in total. The average molecular weight is 297 g/mol. The van der Waals surface area contributed by atoms with Crippen LogP contribution in [0.2, 0.25) is 0 Å². The van der Waals surface area contributed by atoms with Gasteiger partial charge in [0.2, 0.25) is 17.7 Å². The molecule has 0 aliphatic carbocycles. The number of carbonyl (C=O) groups is 3. The van der Waals surface area contributed by atoms with Gasteiger partial charge in [0.05, 0.1) is 5.92 Å². The van der Waals surface area contributed by atoms with Crippen LogP contribution in [-0.2, 0) is 19.1 Å². The molecule has 0 saturated carbocycles. The van der Waals surface area contributed by atoms with E-state index in [0.717, 1.165) is 12.8 Å². The van der Waals surface area contributed by atoms with Crippen LogP contribution in [0.1, 0.15) is 25.7 Å². The quantitative estimate of drug-likeness (QED) is 0.716. The summed E-state index contributed by atoms with van der Waals surface area (Å²) in [5.74, 6) is -0.103. The van der Waals surface area contributed by atoms with Crippen molar-refractivity contribution in [3.8, 4) is 0 Å². The van der Waals surface area contributed by atoms with Crippen LogP contribution in [0, 0.1) is 5.92 Å². The number of carbonyl (C=O) groups excluding carboxylic acids is 3. The summed E-state index contributed by atoms with van der Waals surface area (Å²) in [6, 6.07) is 0.113. The predicted octanol–water partition coefficient (Wildman–Crippen LogP) is -0.734. The molecule has 0 spiro atoms. The first-order valence-corrected chi connectivity index (χ1v) is 7.44. The van der Waals surface area contributed by atoms with E-state index in [-0.39, 0.29) is 36.3 Å². The summed E-state index contributed by atoms with van der Waals surface area (Å²) in [6.07, 6.45) is 2.56. The van der Waals surface area contributed by atoms with E-state index in [0.29, 0.717) is 32.5 Å². The molecule has 21 heavy (non-hydrogen) atoms. The smallest absolute Gasteiger partial charge is 0.248 e. The molecule has 2 rings (SSSR count). The molecule has 2 heterocycles. The number of amides is 3.